The minimum atomic E-state index is -0.142. The molecule has 0 fully saturated rings. The second-order valence-electron chi connectivity index (χ2n) is 6.55. The molecule has 1 amide bonds. The lowest BCUT2D eigenvalue weighted by atomic mass is 10.2. The number of hydrogen-bond donors (Lipinski definition) is 2. The van der Waals surface area contributed by atoms with Gasteiger partial charge in [0, 0.05) is 12.2 Å². The van der Waals surface area contributed by atoms with Gasteiger partial charge in [-0.15, -0.1) is 16.8 Å². The van der Waals surface area contributed by atoms with Crippen molar-refractivity contribution in [3.05, 3.63) is 72.6 Å². The van der Waals surface area contributed by atoms with Gasteiger partial charge >= 0.3 is 0 Å². The maximum Gasteiger partial charge on any atom is 0.234 e. The Balaban J connectivity index is 1.62. The zero-order chi connectivity index (χ0) is 21.3. The number of hydrogen-bond acceptors (Lipinski definition) is 6. The Labute approximate surface area is 180 Å². The Hall–Kier alpha value is -3.26. The number of ether oxygens (including phenoxy) is 1. The number of benzene rings is 2. The van der Waals surface area contributed by atoms with Gasteiger partial charge in [0.25, 0.3) is 0 Å². The molecule has 0 unspecified atom stereocenters. The Kier molecular flexibility index (Phi) is 7.51. The summed E-state index contributed by atoms with van der Waals surface area (Å²) in [5.74, 6) is 1.47. The first-order valence-corrected chi connectivity index (χ1v) is 10.5. The van der Waals surface area contributed by atoms with E-state index in [1.165, 1.54) is 17.3 Å². The molecular weight excluding hydrogens is 398 g/mol. The summed E-state index contributed by atoms with van der Waals surface area (Å²) in [6.07, 6.45) is 1.79. The van der Waals surface area contributed by atoms with E-state index in [0.29, 0.717) is 29.7 Å². The van der Waals surface area contributed by atoms with E-state index in [0.717, 1.165) is 11.5 Å². The topological polar surface area (TPSA) is 81.1 Å². The van der Waals surface area contributed by atoms with Crippen LogP contribution in [0.4, 0.5) is 11.4 Å². The zero-order valence-corrected chi connectivity index (χ0v) is 17.9. The average molecular weight is 424 g/mol. The molecule has 1 aromatic heterocycles. The standard InChI is InChI=1S/C22H25N5O2S/c1-4-13-27-20(14-23-17-11-9-16(2)10-12-17)25-26-22(27)30-15-21(28)24-18-7-5-6-8-19(18)29-3/h4-12,23H,1,13-15H2,2-3H3,(H,24,28). The number of rotatable bonds is 10. The predicted octanol–water partition coefficient (Wildman–Crippen LogP) is 4.12. The monoisotopic (exact) mass is 423 g/mol. The number of nitrogens with zero attached hydrogens (tertiary/aromatic N) is 3. The van der Waals surface area contributed by atoms with Gasteiger partial charge in [0.2, 0.25) is 5.91 Å². The third kappa shape index (κ3) is 5.64. The quantitative estimate of drug-likeness (QED) is 0.377. The van der Waals surface area contributed by atoms with Crippen LogP contribution < -0.4 is 15.4 Å². The summed E-state index contributed by atoms with van der Waals surface area (Å²) in [5.41, 5.74) is 2.86. The summed E-state index contributed by atoms with van der Waals surface area (Å²) >= 11 is 1.33. The molecule has 2 aromatic carbocycles. The SMILES string of the molecule is C=CCn1c(CNc2ccc(C)cc2)nnc1SCC(=O)Nc1ccccc1OC. The van der Waals surface area contributed by atoms with Crippen LogP contribution in [-0.4, -0.2) is 33.5 Å². The molecule has 0 bridgehead atoms. The second kappa shape index (κ2) is 10.5. The molecule has 0 radical (unpaired) electrons. The number of methoxy groups -OCH3 is 1. The Bertz CT molecular complexity index is 1000. The maximum absolute atomic E-state index is 12.4. The van der Waals surface area contributed by atoms with E-state index in [1.807, 2.05) is 28.8 Å². The van der Waals surface area contributed by atoms with Crippen LogP contribution in [0.3, 0.4) is 0 Å². The van der Waals surface area contributed by atoms with E-state index >= 15 is 0 Å². The number of anilines is 2. The molecule has 0 saturated heterocycles. The smallest absolute Gasteiger partial charge is 0.234 e. The molecule has 0 atom stereocenters. The third-order valence-corrected chi connectivity index (χ3v) is 5.29. The number of amides is 1. The van der Waals surface area contributed by atoms with Crippen LogP contribution in [0.2, 0.25) is 0 Å². The summed E-state index contributed by atoms with van der Waals surface area (Å²) in [7, 11) is 1.57. The van der Waals surface area contributed by atoms with Gasteiger partial charge < -0.3 is 19.9 Å². The molecule has 0 saturated carbocycles. The van der Waals surface area contributed by atoms with Crippen molar-refractivity contribution in [2.45, 2.75) is 25.2 Å². The number of carbonyl (C=O) groups excluding carboxylic acids is 1. The first kappa shape index (κ1) is 21.4. The van der Waals surface area contributed by atoms with Crippen LogP contribution in [-0.2, 0) is 17.9 Å². The molecule has 3 aromatic rings. The highest BCUT2D eigenvalue weighted by Crippen LogP contribution is 2.24. The first-order chi connectivity index (χ1) is 14.6. The average Bonchev–Trinajstić information content (AvgIpc) is 3.14. The second-order valence-corrected chi connectivity index (χ2v) is 7.50. The summed E-state index contributed by atoms with van der Waals surface area (Å²) < 4.78 is 7.22. The van der Waals surface area contributed by atoms with Gasteiger partial charge in [0.1, 0.15) is 5.75 Å². The van der Waals surface area contributed by atoms with Crippen molar-refractivity contribution in [3.63, 3.8) is 0 Å². The third-order valence-electron chi connectivity index (χ3n) is 4.32. The molecule has 156 valence electrons. The number of aromatic nitrogens is 3. The van der Waals surface area contributed by atoms with Gasteiger partial charge in [-0.05, 0) is 31.2 Å². The van der Waals surface area contributed by atoms with Crippen molar-refractivity contribution < 1.29 is 9.53 Å². The van der Waals surface area contributed by atoms with E-state index in [-0.39, 0.29) is 11.7 Å². The van der Waals surface area contributed by atoms with E-state index in [1.54, 1.807) is 25.3 Å². The van der Waals surface area contributed by atoms with Gasteiger partial charge in [0.05, 0.1) is 25.1 Å². The number of nitrogens with one attached hydrogen (secondary N) is 2. The molecule has 0 aliphatic heterocycles. The van der Waals surface area contributed by atoms with Crippen molar-refractivity contribution in [1.82, 2.24) is 14.8 Å². The van der Waals surface area contributed by atoms with Crippen molar-refractivity contribution in [3.8, 4) is 5.75 Å². The molecule has 8 heteroatoms. The largest absolute Gasteiger partial charge is 0.495 e. The molecule has 3 rings (SSSR count). The molecule has 30 heavy (non-hydrogen) atoms. The Morgan fingerprint density at radius 2 is 1.97 bits per heavy atom. The fourth-order valence-corrected chi connectivity index (χ4v) is 3.55. The lowest BCUT2D eigenvalue weighted by Crippen LogP contribution is -2.15. The summed E-state index contributed by atoms with van der Waals surface area (Å²) in [6, 6.07) is 15.5. The summed E-state index contributed by atoms with van der Waals surface area (Å²) in [6.45, 7) is 6.96. The fourth-order valence-electron chi connectivity index (χ4n) is 2.79. The number of carbonyl (C=O) groups is 1. The van der Waals surface area contributed by atoms with Gasteiger partial charge in [0.15, 0.2) is 11.0 Å². The molecule has 2 N–H and O–H groups in total. The molecule has 0 spiro atoms. The normalized spacial score (nSPS) is 10.5. The molecule has 7 nitrogen and oxygen atoms in total. The van der Waals surface area contributed by atoms with Crippen LogP contribution in [0, 0.1) is 6.92 Å². The van der Waals surface area contributed by atoms with E-state index in [9.17, 15) is 4.79 Å². The maximum atomic E-state index is 12.4. The zero-order valence-electron chi connectivity index (χ0n) is 17.1. The molecule has 1 heterocycles. The minimum absolute atomic E-state index is 0.142. The summed E-state index contributed by atoms with van der Waals surface area (Å²) in [4.78, 5) is 12.4. The highest BCUT2D eigenvalue weighted by Gasteiger charge is 2.14. The van der Waals surface area contributed by atoms with Gasteiger partial charge in [-0.1, -0.05) is 47.7 Å². The first-order valence-electron chi connectivity index (χ1n) is 9.50. The van der Waals surface area contributed by atoms with Crippen molar-refractivity contribution in [2.75, 3.05) is 23.5 Å². The van der Waals surface area contributed by atoms with E-state index in [4.69, 9.17) is 4.74 Å². The number of aryl methyl sites for hydroxylation is 1. The minimum Gasteiger partial charge on any atom is -0.495 e. The van der Waals surface area contributed by atoms with Crippen molar-refractivity contribution in [1.29, 1.82) is 0 Å². The Morgan fingerprint density at radius 3 is 2.70 bits per heavy atom. The summed E-state index contributed by atoms with van der Waals surface area (Å²) in [5, 5.41) is 15.4. The van der Waals surface area contributed by atoms with Crippen LogP contribution in [0.25, 0.3) is 0 Å². The number of allylic oxidation sites excluding steroid dienone is 1. The molecule has 0 aliphatic rings. The van der Waals surface area contributed by atoms with Crippen LogP contribution >= 0.6 is 11.8 Å². The lowest BCUT2D eigenvalue weighted by Gasteiger charge is -2.11. The lowest BCUT2D eigenvalue weighted by molar-refractivity contribution is -0.113. The van der Waals surface area contributed by atoms with Gasteiger partial charge in [-0.3, -0.25) is 4.79 Å². The molecular formula is C22H25N5O2S. The number of para-hydroxylation sites is 2. The highest BCUT2D eigenvalue weighted by atomic mass is 32.2. The molecule has 0 aliphatic carbocycles. The van der Waals surface area contributed by atoms with Crippen molar-refractivity contribution >= 4 is 29.0 Å². The highest BCUT2D eigenvalue weighted by molar-refractivity contribution is 7.99. The van der Waals surface area contributed by atoms with Crippen molar-refractivity contribution in [2.24, 2.45) is 0 Å². The van der Waals surface area contributed by atoms with E-state index in [2.05, 4.69) is 46.5 Å². The predicted molar refractivity (Wildman–Crippen MR) is 121 cm³/mol. The number of thioether (sulfide) groups is 1. The van der Waals surface area contributed by atoms with Crippen LogP contribution in [0.1, 0.15) is 11.4 Å². The van der Waals surface area contributed by atoms with Gasteiger partial charge in [-0.2, -0.15) is 0 Å². The van der Waals surface area contributed by atoms with Crippen LogP contribution in [0.5, 0.6) is 5.75 Å². The Morgan fingerprint density at radius 1 is 1.20 bits per heavy atom. The van der Waals surface area contributed by atoms with E-state index < -0.39 is 0 Å². The van der Waals surface area contributed by atoms with Gasteiger partial charge in [-0.25, -0.2) is 0 Å². The fraction of sp³-hybridized carbons (Fsp3) is 0.227. The van der Waals surface area contributed by atoms with Crippen LogP contribution in [0.15, 0.2) is 66.3 Å².